The maximum Gasteiger partial charge on any atom is 0.0703 e. The first-order valence-corrected chi connectivity index (χ1v) is 8.80. The summed E-state index contributed by atoms with van der Waals surface area (Å²) in [5, 5.41) is 0. The van der Waals surface area contributed by atoms with Crippen molar-refractivity contribution in [2.75, 3.05) is 26.2 Å². The van der Waals surface area contributed by atoms with Crippen LogP contribution in [0.3, 0.4) is 0 Å². The molecule has 2 rings (SSSR count). The number of ether oxygens (including phenoxy) is 1. The number of hydrogen-bond acceptors (Lipinski definition) is 3. The lowest BCUT2D eigenvalue weighted by Crippen LogP contribution is -2.57. The highest BCUT2D eigenvalue weighted by Gasteiger charge is 2.39. The van der Waals surface area contributed by atoms with Crippen LogP contribution in [0.25, 0.3) is 0 Å². The van der Waals surface area contributed by atoms with Gasteiger partial charge in [0, 0.05) is 25.2 Å². The van der Waals surface area contributed by atoms with Crippen LogP contribution in [0.4, 0.5) is 0 Å². The van der Waals surface area contributed by atoms with Gasteiger partial charge in [0.25, 0.3) is 0 Å². The zero-order chi connectivity index (χ0) is 14.4. The second-order valence-corrected chi connectivity index (χ2v) is 6.83. The van der Waals surface area contributed by atoms with Gasteiger partial charge in [-0.3, -0.25) is 4.90 Å². The molecule has 0 aromatic carbocycles. The minimum atomic E-state index is 0.255. The molecule has 1 unspecified atom stereocenters. The second-order valence-electron chi connectivity index (χ2n) is 6.83. The maximum absolute atomic E-state index is 6.23. The maximum atomic E-state index is 6.23. The van der Waals surface area contributed by atoms with E-state index in [4.69, 9.17) is 10.5 Å². The molecule has 1 aliphatic carbocycles. The molecule has 1 atom stereocenters. The van der Waals surface area contributed by atoms with Crippen LogP contribution in [0.1, 0.15) is 65.2 Å². The first-order chi connectivity index (χ1) is 9.74. The summed E-state index contributed by atoms with van der Waals surface area (Å²) in [6.07, 6.45) is 11.0. The van der Waals surface area contributed by atoms with E-state index in [2.05, 4.69) is 18.7 Å². The summed E-state index contributed by atoms with van der Waals surface area (Å²) in [5.41, 5.74) is 6.48. The fourth-order valence-electron chi connectivity index (χ4n) is 4.25. The molecular formula is C17H34N2O. The third-order valence-corrected chi connectivity index (χ3v) is 5.61. The number of hydrogen-bond donors (Lipinski definition) is 1. The van der Waals surface area contributed by atoms with Gasteiger partial charge in [0.15, 0.2) is 0 Å². The lowest BCUT2D eigenvalue weighted by molar-refractivity contribution is -0.00114. The molecular weight excluding hydrogens is 248 g/mol. The van der Waals surface area contributed by atoms with Gasteiger partial charge < -0.3 is 10.5 Å². The van der Waals surface area contributed by atoms with E-state index in [1.54, 1.807) is 0 Å². The number of nitrogens with two attached hydrogens (primary N) is 1. The summed E-state index contributed by atoms with van der Waals surface area (Å²) in [7, 11) is 0. The molecule has 118 valence electrons. The average molecular weight is 282 g/mol. The van der Waals surface area contributed by atoms with Crippen molar-refractivity contribution in [3.63, 3.8) is 0 Å². The fraction of sp³-hybridized carbons (Fsp3) is 1.00. The van der Waals surface area contributed by atoms with Crippen LogP contribution in [-0.4, -0.2) is 42.8 Å². The van der Waals surface area contributed by atoms with Crippen molar-refractivity contribution in [2.45, 2.75) is 76.9 Å². The Hall–Kier alpha value is -0.120. The van der Waals surface area contributed by atoms with Crippen LogP contribution in [0.15, 0.2) is 0 Å². The van der Waals surface area contributed by atoms with Gasteiger partial charge >= 0.3 is 0 Å². The number of nitrogens with zero attached hydrogens (tertiary/aromatic N) is 1. The molecule has 0 bridgehead atoms. The molecule has 0 radical (unpaired) electrons. The molecule has 2 N–H and O–H groups in total. The van der Waals surface area contributed by atoms with E-state index < -0.39 is 0 Å². The van der Waals surface area contributed by atoms with Crippen LogP contribution in [0.5, 0.6) is 0 Å². The van der Waals surface area contributed by atoms with Crippen LogP contribution in [-0.2, 0) is 4.74 Å². The predicted molar refractivity (Wildman–Crippen MR) is 84.9 cm³/mol. The zero-order valence-corrected chi connectivity index (χ0v) is 13.6. The Morgan fingerprint density at radius 1 is 1.20 bits per heavy atom. The molecule has 1 heterocycles. The summed E-state index contributed by atoms with van der Waals surface area (Å²) >= 11 is 0. The summed E-state index contributed by atoms with van der Waals surface area (Å²) in [4.78, 5) is 2.64. The van der Waals surface area contributed by atoms with Gasteiger partial charge in [-0.05, 0) is 51.0 Å². The van der Waals surface area contributed by atoms with Crippen LogP contribution in [0.2, 0.25) is 0 Å². The Kier molecular flexibility index (Phi) is 6.31. The van der Waals surface area contributed by atoms with Crippen molar-refractivity contribution in [1.29, 1.82) is 0 Å². The first-order valence-electron chi connectivity index (χ1n) is 8.80. The standard InChI is InChI=1S/C17H34N2O/c1-3-6-15-8-10-17(14-18,11-9-15)19(4-2)13-16-7-5-12-20-16/h15-16H,3-14,18H2,1-2H3. The van der Waals surface area contributed by atoms with E-state index in [0.29, 0.717) is 6.10 Å². The molecule has 0 aromatic rings. The third kappa shape index (κ3) is 3.75. The summed E-state index contributed by atoms with van der Waals surface area (Å²) in [6.45, 7) is 8.55. The van der Waals surface area contributed by atoms with Crippen LogP contribution < -0.4 is 5.73 Å². The highest BCUT2D eigenvalue weighted by Crippen LogP contribution is 2.38. The van der Waals surface area contributed by atoms with E-state index in [0.717, 1.165) is 32.2 Å². The Balaban J connectivity index is 1.93. The molecule has 0 aromatic heterocycles. The molecule has 3 heteroatoms. The highest BCUT2D eigenvalue weighted by atomic mass is 16.5. The van der Waals surface area contributed by atoms with Gasteiger partial charge in [0.05, 0.1) is 6.10 Å². The molecule has 2 aliphatic rings. The monoisotopic (exact) mass is 282 g/mol. The quantitative estimate of drug-likeness (QED) is 0.779. The highest BCUT2D eigenvalue weighted by molar-refractivity contribution is 4.96. The van der Waals surface area contributed by atoms with Gasteiger partial charge in [-0.15, -0.1) is 0 Å². The van der Waals surface area contributed by atoms with Crippen molar-refractivity contribution in [1.82, 2.24) is 4.90 Å². The zero-order valence-electron chi connectivity index (χ0n) is 13.6. The summed E-state index contributed by atoms with van der Waals surface area (Å²) in [6, 6.07) is 0. The molecule has 1 saturated heterocycles. The molecule has 1 aliphatic heterocycles. The minimum absolute atomic E-state index is 0.255. The third-order valence-electron chi connectivity index (χ3n) is 5.61. The van der Waals surface area contributed by atoms with Crippen molar-refractivity contribution in [2.24, 2.45) is 11.7 Å². The number of likely N-dealkylation sites (N-methyl/N-ethyl adjacent to an activating group) is 1. The summed E-state index contributed by atoms with van der Waals surface area (Å²) < 4.78 is 5.84. The van der Waals surface area contributed by atoms with Crippen LogP contribution >= 0.6 is 0 Å². The fourth-order valence-corrected chi connectivity index (χ4v) is 4.25. The molecule has 20 heavy (non-hydrogen) atoms. The molecule has 0 spiro atoms. The molecule has 1 saturated carbocycles. The van der Waals surface area contributed by atoms with Crippen molar-refractivity contribution in [3.8, 4) is 0 Å². The molecule has 0 amide bonds. The van der Waals surface area contributed by atoms with Gasteiger partial charge in [0.1, 0.15) is 0 Å². The number of rotatable bonds is 7. The van der Waals surface area contributed by atoms with Crippen molar-refractivity contribution < 1.29 is 4.74 Å². The first kappa shape index (κ1) is 16.3. The lowest BCUT2D eigenvalue weighted by Gasteiger charge is -2.48. The van der Waals surface area contributed by atoms with E-state index in [1.165, 1.54) is 51.4 Å². The smallest absolute Gasteiger partial charge is 0.0703 e. The average Bonchev–Trinajstić information content (AvgIpc) is 2.99. The molecule has 2 fully saturated rings. The van der Waals surface area contributed by atoms with E-state index in [1.807, 2.05) is 0 Å². The van der Waals surface area contributed by atoms with Gasteiger partial charge in [-0.25, -0.2) is 0 Å². The van der Waals surface area contributed by atoms with Gasteiger partial charge in [-0.1, -0.05) is 26.7 Å². The van der Waals surface area contributed by atoms with E-state index in [-0.39, 0.29) is 5.54 Å². The topological polar surface area (TPSA) is 38.5 Å². The predicted octanol–water partition coefficient (Wildman–Crippen LogP) is 3.18. The second kappa shape index (κ2) is 7.77. The van der Waals surface area contributed by atoms with Crippen molar-refractivity contribution in [3.05, 3.63) is 0 Å². The van der Waals surface area contributed by atoms with Crippen LogP contribution in [0, 0.1) is 5.92 Å². The van der Waals surface area contributed by atoms with Crippen molar-refractivity contribution >= 4 is 0 Å². The Bertz CT molecular complexity index is 268. The van der Waals surface area contributed by atoms with E-state index in [9.17, 15) is 0 Å². The molecule has 3 nitrogen and oxygen atoms in total. The normalized spacial score (nSPS) is 34.8. The Labute approximate surface area is 125 Å². The van der Waals surface area contributed by atoms with Gasteiger partial charge in [-0.2, -0.15) is 0 Å². The van der Waals surface area contributed by atoms with E-state index >= 15 is 0 Å². The van der Waals surface area contributed by atoms with Gasteiger partial charge in [0.2, 0.25) is 0 Å². The Morgan fingerprint density at radius 3 is 2.45 bits per heavy atom. The summed E-state index contributed by atoms with van der Waals surface area (Å²) in [5.74, 6) is 0.945. The Morgan fingerprint density at radius 2 is 1.95 bits per heavy atom. The minimum Gasteiger partial charge on any atom is -0.377 e. The lowest BCUT2D eigenvalue weighted by atomic mass is 9.74. The SMILES string of the molecule is CCCC1CCC(CN)(N(CC)CC2CCCO2)CC1. The largest absolute Gasteiger partial charge is 0.377 e.